The summed E-state index contributed by atoms with van der Waals surface area (Å²) < 4.78 is 3.56. The Hall–Kier alpha value is -1.44. The summed E-state index contributed by atoms with van der Waals surface area (Å²) in [7, 11) is 4.12. The van der Waals surface area contributed by atoms with Gasteiger partial charge in [-0.2, -0.15) is 0 Å². The second-order valence-electron chi connectivity index (χ2n) is 8.86. The molecule has 2 aromatic rings. The third-order valence-electron chi connectivity index (χ3n) is 6.61. The quantitative estimate of drug-likeness (QED) is 0.724. The monoisotopic (exact) mass is 418 g/mol. The van der Waals surface area contributed by atoms with E-state index in [0.717, 1.165) is 74.9 Å². The first kappa shape index (κ1) is 20.8. The fourth-order valence-electron chi connectivity index (χ4n) is 4.95. The van der Waals surface area contributed by atoms with Crippen LogP contribution in [0.15, 0.2) is 9.59 Å². The topological polar surface area (TPSA) is 50.5 Å². The zero-order valence-electron chi connectivity index (χ0n) is 18.1. The highest BCUT2D eigenvalue weighted by atomic mass is 32.1. The molecule has 160 valence electrons. The smallest absolute Gasteiger partial charge is 0.309 e. The molecule has 0 unspecified atom stereocenters. The number of aryl methyl sites for hydroxylation is 1. The lowest BCUT2D eigenvalue weighted by molar-refractivity contribution is 0.272. The van der Waals surface area contributed by atoms with Crippen molar-refractivity contribution < 1.29 is 0 Å². The molecule has 1 saturated carbocycles. The Morgan fingerprint density at radius 1 is 1.14 bits per heavy atom. The van der Waals surface area contributed by atoms with Crippen LogP contribution in [-0.2, 0) is 19.5 Å². The third kappa shape index (κ3) is 3.97. The van der Waals surface area contributed by atoms with E-state index in [0.29, 0.717) is 6.54 Å². The molecule has 0 aromatic carbocycles. The second kappa shape index (κ2) is 8.74. The van der Waals surface area contributed by atoms with Gasteiger partial charge in [0.15, 0.2) is 0 Å². The lowest BCUT2D eigenvalue weighted by Gasteiger charge is -2.26. The summed E-state index contributed by atoms with van der Waals surface area (Å²) in [6.45, 7) is 6.72. The maximum Gasteiger partial charge on any atom is 0.332 e. The largest absolute Gasteiger partial charge is 0.332 e. The van der Waals surface area contributed by atoms with E-state index in [-0.39, 0.29) is 17.3 Å². The molecule has 2 aromatic heterocycles. The molecule has 0 saturated heterocycles. The van der Waals surface area contributed by atoms with Gasteiger partial charge >= 0.3 is 5.69 Å². The number of hydrogen-bond donors (Lipinski definition) is 0. The number of rotatable bonds is 6. The summed E-state index contributed by atoms with van der Waals surface area (Å²) in [6, 6.07) is 0.0690. The highest BCUT2D eigenvalue weighted by Crippen LogP contribution is 2.34. The number of fused-ring (bicyclic) bond motifs is 3. The highest BCUT2D eigenvalue weighted by Gasteiger charge is 2.28. The van der Waals surface area contributed by atoms with Crippen LogP contribution in [0, 0.1) is 0 Å². The average Bonchev–Trinajstić information content (AvgIpc) is 3.09. The molecular weight excluding hydrogens is 384 g/mol. The maximum atomic E-state index is 13.6. The van der Waals surface area contributed by atoms with E-state index in [4.69, 9.17) is 0 Å². The Morgan fingerprint density at radius 2 is 1.90 bits per heavy atom. The molecule has 1 fully saturated rings. The van der Waals surface area contributed by atoms with Crippen molar-refractivity contribution in [1.82, 2.24) is 18.9 Å². The molecule has 7 heteroatoms. The van der Waals surface area contributed by atoms with E-state index in [1.807, 2.05) is 4.57 Å². The molecule has 2 aliphatic rings. The summed E-state index contributed by atoms with van der Waals surface area (Å²) in [5.41, 5.74) is 1.10. The molecule has 0 spiro atoms. The summed E-state index contributed by atoms with van der Waals surface area (Å²) in [5, 5.41) is 0.843. The Labute approximate surface area is 176 Å². The summed E-state index contributed by atoms with van der Waals surface area (Å²) >= 11 is 1.68. The lowest BCUT2D eigenvalue weighted by Crippen LogP contribution is -2.43. The van der Waals surface area contributed by atoms with Gasteiger partial charge in [-0.25, -0.2) is 4.79 Å². The van der Waals surface area contributed by atoms with Gasteiger partial charge in [-0.05, 0) is 58.4 Å². The third-order valence-corrected chi connectivity index (χ3v) is 7.85. The van der Waals surface area contributed by atoms with E-state index in [9.17, 15) is 9.59 Å². The van der Waals surface area contributed by atoms with Crippen LogP contribution in [0.1, 0.15) is 61.9 Å². The maximum absolute atomic E-state index is 13.6. The predicted octanol–water partition coefficient (Wildman–Crippen LogP) is 3.06. The number of likely N-dealkylation sites (N-methyl/N-ethyl adjacent to an activating group) is 1. The van der Waals surface area contributed by atoms with Crippen LogP contribution in [0.3, 0.4) is 0 Å². The van der Waals surface area contributed by atoms with Gasteiger partial charge in [0.25, 0.3) is 5.56 Å². The Balaban J connectivity index is 1.87. The predicted molar refractivity (Wildman–Crippen MR) is 120 cm³/mol. The van der Waals surface area contributed by atoms with Crippen LogP contribution in [0.4, 0.5) is 0 Å². The van der Waals surface area contributed by atoms with E-state index >= 15 is 0 Å². The second-order valence-corrected chi connectivity index (χ2v) is 9.94. The van der Waals surface area contributed by atoms with E-state index < -0.39 is 0 Å². The van der Waals surface area contributed by atoms with Crippen molar-refractivity contribution in [2.24, 2.45) is 0 Å². The van der Waals surface area contributed by atoms with Crippen molar-refractivity contribution in [3.05, 3.63) is 31.3 Å². The van der Waals surface area contributed by atoms with Gasteiger partial charge in [-0.15, -0.1) is 11.3 Å². The number of thiophene rings is 1. The molecular formula is C22H34N4O2S. The standard InChI is InChI=1S/C22H34N4O2S/c1-4-24-14-11-17-18(15-24)29-21-19(17)20(27)26(16-9-6-5-7-10-16)22(28)25(21)13-8-12-23(2)3/h16H,4-15H2,1-3H3. The van der Waals surface area contributed by atoms with Crippen molar-refractivity contribution in [2.75, 3.05) is 33.7 Å². The lowest BCUT2D eigenvalue weighted by atomic mass is 9.95. The van der Waals surface area contributed by atoms with Crippen LogP contribution in [0.2, 0.25) is 0 Å². The molecule has 0 bridgehead atoms. The number of hydrogen-bond acceptors (Lipinski definition) is 5. The minimum Gasteiger partial charge on any atom is -0.309 e. The fraction of sp³-hybridized carbons (Fsp3) is 0.727. The molecule has 1 aliphatic heterocycles. The molecule has 3 heterocycles. The van der Waals surface area contributed by atoms with Crippen molar-refractivity contribution >= 4 is 21.6 Å². The van der Waals surface area contributed by atoms with E-state index in [1.165, 1.54) is 16.9 Å². The van der Waals surface area contributed by atoms with Gasteiger partial charge in [0, 0.05) is 30.6 Å². The van der Waals surface area contributed by atoms with Crippen LogP contribution in [-0.4, -0.2) is 52.7 Å². The van der Waals surface area contributed by atoms with Crippen molar-refractivity contribution in [3.8, 4) is 0 Å². The van der Waals surface area contributed by atoms with Gasteiger partial charge in [0.2, 0.25) is 0 Å². The van der Waals surface area contributed by atoms with Gasteiger partial charge < -0.3 is 4.90 Å². The summed E-state index contributed by atoms with van der Waals surface area (Å²) in [4.78, 5) is 33.9. The number of nitrogens with zero attached hydrogens (tertiary/aromatic N) is 4. The minimum atomic E-state index is -0.0842. The zero-order chi connectivity index (χ0) is 20.5. The van der Waals surface area contributed by atoms with Crippen LogP contribution >= 0.6 is 11.3 Å². The minimum absolute atomic E-state index is 0.0248. The van der Waals surface area contributed by atoms with E-state index in [1.54, 1.807) is 15.9 Å². The van der Waals surface area contributed by atoms with Gasteiger partial charge in [-0.3, -0.25) is 18.8 Å². The summed E-state index contributed by atoms with van der Waals surface area (Å²) in [6.07, 6.45) is 7.17. The molecule has 29 heavy (non-hydrogen) atoms. The van der Waals surface area contributed by atoms with E-state index in [2.05, 4.69) is 30.8 Å². The van der Waals surface area contributed by atoms with Crippen molar-refractivity contribution in [2.45, 2.75) is 71.0 Å². The zero-order valence-corrected chi connectivity index (χ0v) is 18.9. The first-order chi connectivity index (χ1) is 14.0. The molecule has 1 aliphatic carbocycles. The summed E-state index contributed by atoms with van der Waals surface area (Å²) in [5.74, 6) is 0. The molecule has 6 nitrogen and oxygen atoms in total. The average molecular weight is 419 g/mol. The van der Waals surface area contributed by atoms with Gasteiger partial charge in [0.05, 0.1) is 5.39 Å². The first-order valence-electron chi connectivity index (χ1n) is 11.2. The van der Waals surface area contributed by atoms with Crippen LogP contribution in [0.5, 0.6) is 0 Å². The molecule has 4 rings (SSSR count). The molecule has 0 amide bonds. The fourth-order valence-corrected chi connectivity index (χ4v) is 6.35. The van der Waals surface area contributed by atoms with Crippen molar-refractivity contribution in [3.63, 3.8) is 0 Å². The Kier molecular flexibility index (Phi) is 6.27. The Morgan fingerprint density at radius 3 is 2.59 bits per heavy atom. The van der Waals surface area contributed by atoms with Crippen molar-refractivity contribution in [1.29, 1.82) is 0 Å². The molecule has 0 radical (unpaired) electrons. The molecule has 0 atom stereocenters. The first-order valence-corrected chi connectivity index (χ1v) is 12.0. The van der Waals surface area contributed by atoms with Crippen LogP contribution in [0.25, 0.3) is 10.2 Å². The SMILES string of the molecule is CCN1CCc2c(sc3c2c(=O)n(C2CCCCC2)c(=O)n3CCCN(C)C)C1. The highest BCUT2D eigenvalue weighted by molar-refractivity contribution is 7.18. The van der Waals surface area contributed by atoms with Gasteiger partial charge in [-0.1, -0.05) is 26.2 Å². The van der Waals surface area contributed by atoms with Gasteiger partial charge in [0.1, 0.15) is 4.83 Å². The molecule has 0 N–H and O–H groups in total. The number of aromatic nitrogens is 2. The normalized spacial score (nSPS) is 18.6. The van der Waals surface area contributed by atoms with Crippen LogP contribution < -0.4 is 11.2 Å². The Bertz CT molecular complexity index is 981.